The first kappa shape index (κ1) is 21.0. The van der Waals surface area contributed by atoms with Gasteiger partial charge >= 0.3 is 0 Å². The van der Waals surface area contributed by atoms with Crippen LogP contribution in [-0.4, -0.2) is 39.2 Å². The molecule has 1 aromatic heterocycles. The minimum absolute atomic E-state index is 0. The molecule has 0 saturated carbocycles. The van der Waals surface area contributed by atoms with Gasteiger partial charge in [-0.2, -0.15) is 0 Å². The van der Waals surface area contributed by atoms with Gasteiger partial charge in [0.15, 0.2) is 11.8 Å². The van der Waals surface area contributed by atoms with Crippen molar-refractivity contribution < 1.29 is 0 Å². The van der Waals surface area contributed by atoms with Crippen molar-refractivity contribution in [3.63, 3.8) is 0 Å². The highest BCUT2D eigenvalue weighted by molar-refractivity contribution is 14.0. The highest BCUT2D eigenvalue weighted by Crippen LogP contribution is 2.15. The fraction of sp³-hybridized carbons (Fsp3) is 0.500. The van der Waals surface area contributed by atoms with Gasteiger partial charge in [-0.05, 0) is 37.5 Å². The smallest absolute Gasteiger partial charge is 0.194 e. The van der Waals surface area contributed by atoms with Crippen LogP contribution in [-0.2, 0) is 26.1 Å². The monoisotopic (exact) mass is 488 g/mol. The van der Waals surface area contributed by atoms with E-state index >= 15 is 0 Å². The Balaban J connectivity index is 0.00000243. The Hall–Kier alpha value is -1.35. The predicted molar refractivity (Wildman–Crippen MR) is 116 cm³/mol. The van der Waals surface area contributed by atoms with Crippen molar-refractivity contribution in [1.82, 2.24) is 25.0 Å². The van der Waals surface area contributed by atoms with E-state index in [9.17, 15) is 0 Å². The van der Waals surface area contributed by atoms with Crippen LogP contribution in [0, 0.1) is 0 Å². The van der Waals surface area contributed by atoms with E-state index in [1.807, 2.05) is 25.2 Å². The summed E-state index contributed by atoms with van der Waals surface area (Å²) in [4.78, 5) is 6.86. The lowest BCUT2D eigenvalue weighted by atomic mass is 10.2. The Bertz CT molecular complexity index is 745. The number of rotatable bonds is 5. The molecule has 1 N–H and O–H groups in total. The van der Waals surface area contributed by atoms with Crippen LogP contribution < -0.4 is 5.32 Å². The lowest BCUT2D eigenvalue weighted by molar-refractivity contribution is 0.474. The molecule has 26 heavy (non-hydrogen) atoms. The van der Waals surface area contributed by atoms with E-state index in [4.69, 9.17) is 16.6 Å². The third kappa shape index (κ3) is 5.33. The molecule has 0 atom stereocenters. The van der Waals surface area contributed by atoms with Crippen molar-refractivity contribution in [2.24, 2.45) is 4.99 Å². The second-order valence-corrected chi connectivity index (χ2v) is 6.73. The van der Waals surface area contributed by atoms with Gasteiger partial charge in [0.25, 0.3) is 0 Å². The Morgan fingerprint density at radius 1 is 1.35 bits per heavy atom. The van der Waals surface area contributed by atoms with E-state index in [0.717, 1.165) is 54.2 Å². The molecule has 8 heteroatoms. The minimum atomic E-state index is 0. The molecular weight excluding hydrogens is 463 g/mol. The zero-order valence-corrected chi connectivity index (χ0v) is 18.4. The maximum Gasteiger partial charge on any atom is 0.194 e. The van der Waals surface area contributed by atoms with Gasteiger partial charge in [0, 0.05) is 38.1 Å². The summed E-state index contributed by atoms with van der Waals surface area (Å²) >= 11 is 6.08. The molecule has 3 rings (SSSR count). The van der Waals surface area contributed by atoms with Crippen LogP contribution in [0.5, 0.6) is 0 Å². The first-order chi connectivity index (χ1) is 12.2. The van der Waals surface area contributed by atoms with Crippen LogP contribution in [0.25, 0.3) is 0 Å². The SMILES string of the molecule is CCNC(=NCc1nnc2n1CCCC2)N(C)Cc1cccc(Cl)c1.I. The number of aryl methyl sites for hydroxylation is 1. The Morgan fingerprint density at radius 3 is 2.96 bits per heavy atom. The van der Waals surface area contributed by atoms with E-state index in [0.29, 0.717) is 6.54 Å². The molecular formula is C18H26ClIN6. The second-order valence-electron chi connectivity index (χ2n) is 6.30. The number of guanidine groups is 1. The van der Waals surface area contributed by atoms with E-state index in [2.05, 4.69) is 38.0 Å². The number of benzene rings is 1. The first-order valence-corrected chi connectivity index (χ1v) is 9.20. The van der Waals surface area contributed by atoms with Crippen molar-refractivity contribution in [2.75, 3.05) is 13.6 Å². The first-order valence-electron chi connectivity index (χ1n) is 8.82. The number of fused-ring (bicyclic) bond motifs is 1. The number of nitrogens with one attached hydrogen (secondary N) is 1. The van der Waals surface area contributed by atoms with Gasteiger partial charge < -0.3 is 14.8 Å². The molecule has 0 bridgehead atoms. The Kier molecular flexibility index (Phi) is 8.15. The molecule has 0 amide bonds. The summed E-state index contributed by atoms with van der Waals surface area (Å²) in [6.07, 6.45) is 3.41. The molecule has 2 aromatic rings. The number of halogens is 2. The molecule has 1 aliphatic heterocycles. The van der Waals surface area contributed by atoms with Crippen LogP contribution in [0.2, 0.25) is 5.02 Å². The van der Waals surface area contributed by atoms with Crippen LogP contribution in [0.4, 0.5) is 0 Å². The summed E-state index contributed by atoms with van der Waals surface area (Å²) in [6.45, 7) is 5.17. The average Bonchev–Trinajstić information content (AvgIpc) is 3.02. The topological polar surface area (TPSA) is 58.3 Å². The fourth-order valence-electron chi connectivity index (χ4n) is 3.08. The molecule has 0 aliphatic carbocycles. The molecule has 142 valence electrons. The zero-order chi connectivity index (χ0) is 17.6. The number of hydrogen-bond donors (Lipinski definition) is 1. The number of hydrogen-bond acceptors (Lipinski definition) is 3. The molecule has 0 spiro atoms. The van der Waals surface area contributed by atoms with Gasteiger partial charge in [-0.15, -0.1) is 34.2 Å². The quantitative estimate of drug-likeness (QED) is 0.398. The predicted octanol–water partition coefficient (Wildman–Crippen LogP) is 3.48. The average molecular weight is 489 g/mol. The van der Waals surface area contributed by atoms with Crippen molar-refractivity contribution in [1.29, 1.82) is 0 Å². The van der Waals surface area contributed by atoms with Crippen molar-refractivity contribution in [3.05, 3.63) is 46.5 Å². The number of nitrogens with zero attached hydrogens (tertiary/aromatic N) is 5. The number of aliphatic imine (C=N–C) groups is 1. The van der Waals surface area contributed by atoms with Gasteiger partial charge in [-0.3, -0.25) is 0 Å². The molecule has 1 aliphatic rings. The number of aromatic nitrogens is 3. The largest absolute Gasteiger partial charge is 0.357 e. The molecule has 0 radical (unpaired) electrons. The van der Waals surface area contributed by atoms with E-state index in [1.54, 1.807) is 0 Å². The summed E-state index contributed by atoms with van der Waals surface area (Å²) in [5.41, 5.74) is 1.15. The molecule has 2 heterocycles. The van der Waals surface area contributed by atoms with Crippen LogP contribution in [0.15, 0.2) is 29.3 Å². The van der Waals surface area contributed by atoms with Gasteiger partial charge in [-0.25, -0.2) is 4.99 Å². The highest BCUT2D eigenvalue weighted by atomic mass is 127. The van der Waals surface area contributed by atoms with Crippen molar-refractivity contribution in [3.8, 4) is 0 Å². The lowest BCUT2D eigenvalue weighted by Crippen LogP contribution is -2.38. The summed E-state index contributed by atoms with van der Waals surface area (Å²) in [6, 6.07) is 7.91. The van der Waals surface area contributed by atoms with E-state index < -0.39 is 0 Å². The van der Waals surface area contributed by atoms with Gasteiger partial charge in [0.1, 0.15) is 12.4 Å². The highest BCUT2D eigenvalue weighted by Gasteiger charge is 2.15. The zero-order valence-electron chi connectivity index (χ0n) is 15.3. The molecule has 1 aromatic carbocycles. The maximum atomic E-state index is 6.08. The lowest BCUT2D eigenvalue weighted by Gasteiger charge is -2.22. The fourth-order valence-corrected chi connectivity index (χ4v) is 3.30. The minimum Gasteiger partial charge on any atom is -0.357 e. The van der Waals surface area contributed by atoms with Gasteiger partial charge in [-0.1, -0.05) is 23.7 Å². The molecule has 0 unspecified atom stereocenters. The Labute approximate surface area is 177 Å². The summed E-state index contributed by atoms with van der Waals surface area (Å²) in [5, 5.41) is 12.7. The van der Waals surface area contributed by atoms with Crippen LogP contribution in [0.1, 0.15) is 37.0 Å². The molecule has 0 saturated heterocycles. The third-order valence-electron chi connectivity index (χ3n) is 4.31. The molecule has 6 nitrogen and oxygen atoms in total. The van der Waals surface area contributed by atoms with Crippen LogP contribution >= 0.6 is 35.6 Å². The van der Waals surface area contributed by atoms with Crippen molar-refractivity contribution in [2.45, 2.75) is 45.8 Å². The molecule has 0 fully saturated rings. The maximum absolute atomic E-state index is 6.08. The van der Waals surface area contributed by atoms with Gasteiger partial charge in [0.05, 0.1) is 0 Å². The standard InChI is InChI=1S/C18H25ClN6.HI/c1-3-20-18(24(2)13-14-7-6-8-15(19)11-14)21-12-17-23-22-16-9-4-5-10-25(16)17;/h6-8,11H,3-5,9-10,12-13H2,1-2H3,(H,20,21);1H. The van der Waals surface area contributed by atoms with E-state index in [-0.39, 0.29) is 24.0 Å². The summed E-state index contributed by atoms with van der Waals surface area (Å²) in [7, 11) is 2.03. The summed E-state index contributed by atoms with van der Waals surface area (Å²) < 4.78 is 2.22. The van der Waals surface area contributed by atoms with E-state index in [1.165, 1.54) is 12.8 Å². The van der Waals surface area contributed by atoms with Crippen molar-refractivity contribution >= 4 is 41.5 Å². The Morgan fingerprint density at radius 2 is 2.19 bits per heavy atom. The third-order valence-corrected chi connectivity index (χ3v) is 4.55. The normalized spacial score (nSPS) is 13.7. The van der Waals surface area contributed by atoms with Crippen LogP contribution in [0.3, 0.4) is 0 Å². The van der Waals surface area contributed by atoms with Gasteiger partial charge in [0.2, 0.25) is 0 Å². The summed E-state index contributed by atoms with van der Waals surface area (Å²) in [5.74, 6) is 2.89. The second kappa shape index (κ2) is 10.1.